The van der Waals surface area contributed by atoms with Crippen LogP contribution in [0.3, 0.4) is 0 Å². The summed E-state index contributed by atoms with van der Waals surface area (Å²) in [5.41, 5.74) is 1.33. The number of carbonyl (C=O) groups is 1. The smallest absolute Gasteiger partial charge is 0.263 e. The number of hydrogen-bond acceptors (Lipinski definition) is 6. The van der Waals surface area contributed by atoms with E-state index < -0.39 is 0 Å². The van der Waals surface area contributed by atoms with Gasteiger partial charge in [0, 0.05) is 32.0 Å². The summed E-state index contributed by atoms with van der Waals surface area (Å²) in [6, 6.07) is 0.140. The number of anilines is 1. The summed E-state index contributed by atoms with van der Waals surface area (Å²) in [7, 11) is 0. The minimum absolute atomic E-state index is 0.0157. The molecule has 1 saturated heterocycles. The van der Waals surface area contributed by atoms with E-state index in [0.717, 1.165) is 30.0 Å². The van der Waals surface area contributed by atoms with E-state index in [4.69, 9.17) is 9.51 Å². The molecule has 1 amide bonds. The third-order valence-corrected chi connectivity index (χ3v) is 4.21. The molecule has 130 valence electrons. The first-order valence-corrected chi connectivity index (χ1v) is 8.72. The lowest BCUT2D eigenvalue weighted by Gasteiger charge is -2.28. The van der Waals surface area contributed by atoms with Gasteiger partial charge in [-0.05, 0) is 40.0 Å². The minimum Gasteiger partial charge on any atom is -0.356 e. The molecule has 0 bridgehead atoms. The fourth-order valence-electron chi connectivity index (χ4n) is 3.08. The van der Waals surface area contributed by atoms with Crippen molar-refractivity contribution in [2.24, 2.45) is 0 Å². The van der Waals surface area contributed by atoms with Gasteiger partial charge in [0.25, 0.3) is 5.71 Å². The highest BCUT2D eigenvalue weighted by molar-refractivity contribution is 5.88. The van der Waals surface area contributed by atoms with Crippen molar-refractivity contribution in [3.8, 4) is 0 Å². The van der Waals surface area contributed by atoms with Crippen LogP contribution in [0, 0.1) is 6.92 Å². The van der Waals surface area contributed by atoms with Crippen LogP contribution in [0.25, 0.3) is 11.1 Å². The molecule has 0 spiro atoms. The van der Waals surface area contributed by atoms with Gasteiger partial charge in [-0.2, -0.15) is 4.98 Å². The van der Waals surface area contributed by atoms with Crippen LogP contribution in [0.1, 0.15) is 51.0 Å². The molecule has 0 aromatic carbocycles. The molecule has 3 rings (SSSR count). The molecule has 0 unspecified atom stereocenters. The first kappa shape index (κ1) is 16.7. The van der Waals surface area contributed by atoms with E-state index in [-0.39, 0.29) is 11.9 Å². The molecule has 7 heteroatoms. The molecular weight excluding hydrogens is 306 g/mol. The molecule has 2 aromatic heterocycles. The summed E-state index contributed by atoms with van der Waals surface area (Å²) in [6.07, 6.45) is 4.46. The molecule has 1 N–H and O–H groups in total. The summed E-state index contributed by atoms with van der Waals surface area (Å²) in [5.74, 6) is 1.55. The van der Waals surface area contributed by atoms with E-state index in [1.54, 1.807) is 0 Å². The molecule has 0 aliphatic carbocycles. The van der Waals surface area contributed by atoms with E-state index in [1.165, 1.54) is 19.3 Å². The molecule has 7 nitrogen and oxygen atoms in total. The Balaban J connectivity index is 1.85. The largest absolute Gasteiger partial charge is 0.356 e. The van der Waals surface area contributed by atoms with Gasteiger partial charge < -0.3 is 14.7 Å². The zero-order valence-corrected chi connectivity index (χ0v) is 14.6. The second-order valence-corrected chi connectivity index (χ2v) is 6.68. The predicted molar refractivity (Wildman–Crippen MR) is 92.0 cm³/mol. The van der Waals surface area contributed by atoms with Gasteiger partial charge in [-0.1, -0.05) is 5.16 Å². The number of aromatic nitrogens is 3. The molecule has 1 aliphatic rings. The van der Waals surface area contributed by atoms with Crippen molar-refractivity contribution in [1.82, 2.24) is 20.4 Å². The second-order valence-electron chi connectivity index (χ2n) is 6.68. The van der Waals surface area contributed by atoms with E-state index in [1.807, 2.05) is 20.8 Å². The third-order valence-electron chi connectivity index (χ3n) is 4.21. The summed E-state index contributed by atoms with van der Waals surface area (Å²) in [6.45, 7) is 7.80. The summed E-state index contributed by atoms with van der Waals surface area (Å²) < 4.78 is 5.36. The van der Waals surface area contributed by atoms with Crippen LogP contribution >= 0.6 is 0 Å². The summed E-state index contributed by atoms with van der Waals surface area (Å²) in [4.78, 5) is 23.4. The van der Waals surface area contributed by atoms with Crippen molar-refractivity contribution in [3.63, 3.8) is 0 Å². The van der Waals surface area contributed by atoms with Crippen LogP contribution in [-0.2, 0) is 11.2 Å². The molecule has 2 aromatic rings. The molecule has 0 atom stereocenters. The van der Waals surface area contributed by atoms with E-state index in [2.05, 4.69) is 20.4 Å². The zero-order chi connectivity index (χ0) is 17.1. The summed E-state index contributed by atoms with van der Waals surface area (Å²) in [5, 5.41) is 7.83. The van der Waals surface area contributed by atoms with Gasteiger partial charge >= 0.3 is 0 Å². The van der Waals surface area contributed by atoms with Crippen LogP contribution in [0.4, 0.5) is 5.82 Å². The number of rotatable bonds is 5. The highest BCUT2D eigenvalue weighted by Crippen LogP contribution is 2.29. The van der Waals surface area contributed by atoms with Crippen molar-refractivity contribution in [2.45, 2.75) is 58.9 Å². The van der Waals surface area contributed by atoms with Crippen molar-refractivity contribution >= 4 is 22.8 Å². The minimum atomic E-state index is 0.0157. The number of carbonyl (C=O) groups excluding carboxylic acids is 1. The number of hydrogen-bond donors (Lipinski definition) is 1. The lowest BCUT2D eigenvalue weighted by Crippen LogP contribution is -2.31. The van der Waals surface area contributed by atoms with Gasteiger partial charge in [-0.3, -0.25) is 4.79 Å². The number of piperidine rings is 1. The highest BCUT2D eigenvalue weighted by Gasteiger charge is 2.21. The average Bonchev–Trinajstić information content (AvgIpc) is 2.94. The Morgan fingerprint density at radius 1 is 1.25 bits per heavy atom. The molecule has 24 heavy (non-hydrogen) atoms. The topological polar surface area (TPSA) is 84.1 Å². The first-order valence-electron chi connectivity index (χ1n) is 8.72. The maximum Gasteiger partial charge on any atom is 0.263 e. The van der Waals surface area contributed by atoms with E-state index >= 15 is 0 Å². The van der Waals surface area contributed by atoms with Crippen LogP contribution in [0.2, 0.25) is 0 Å². The van der Waals surface area contributed by atoms with Crippen LogP contribution in [0.15, 0.2) is 4.52 Å². The first-order chi connectivity index (χ1) is 11.5. The molecule has 3 heterocycles. The number of aryl methyl sites for hydroxylation is 2. The molecule has 1 fully saturated rings. The number of fused-ring (bicyclic) bond motifs is 1. The fraction of sp³-hybridized carbons (Fsp3) is 0.647. The second kappa shape index (κ2) is 7.15. The third kappa shape index (κ3) is 3.66. The summed E-state index contributed by atoms with van der Waals surface area (Å²) >= 11 is 0. The predicted octanol–water partition coefficient (Wildman–Crippen LogP) is 2.37. The van der Waals surface area contributed by atoms with Gasteiger partial charge in [0.15, 0.2) is 0 Å². The van der Waals surface area contributed by atoms with E-state index in [0.29, 0.717) is 24.4 Å². The maximum atomic E-state index is 11.9. The Kier molecular flexibility index (Phi) is 4.97. The van der Waals surface area contributed by atoms with Gasteiger partial charge in [0.1, 0.15) is 17.0 Å². The van der Waals surface area contributed by atoms with Crippen LogP contribution in [-0.4, -0.2) is 40.2 Å². The van der Waals surface area contributed by atoms with Crippen molar-refractivity contribution in [2.75, 3.05) is 18.0 Å². The van der Waals surface area contributed by atoms with Crippen molar-refractivity contribution in [1.29, 1.82) is 0 Å². The van der Waals surface area contributed by atoms with Crippen molar-refractivity contribution < 1.29 is 9.32 Å². The molecule has 1 aliphatic heterocycles. The SMILES string of the molecule is Cc1noc2nc(CCC(=O)NC(C)C)nc(N3CCCCC3)c12. The van der Waals surface area contributed by atoms with Gasteiger partial charge in [-0.25, -0.2) is 4.98 Å². The number of amides is 1. The van der Waals surface area contributed by atoms with Gasteiger partial charge in [0.05, 0.1) is 5.69 Å². The standard InChI is InChI=1S/C17H25N5O2/c1-11(2)18-14(23)8-7-13-19-16(22-9-5-4-6-10-22)15-12(3)21-24-17(15)20-13/h11H,4-10H2,1-3H3,(H,18,23). The Bertz CT molecular complexity index is 719. The maximum absolute atomic E-state index is 11.9. The van der Waals surface area contributed by atoms with Crippen LogP contribution < -0.4 is 10.2 Å². The highest BCUT2D eigenvalue weighted by atomic mass is 16.5. The Morgan fingerprint density at radius 2 is 2.00 bits per heavy atom. The molecular formula is C17H25N5O2. The normalized spacial score (nSPS) is 15.2. The fourth-order valence-corrected chi connectivity index (χ4v) is 3.08. The van der Waals surface area contributed by atoms with Gasteiger partial charge in [-0.15, -0.1) is 0 Å². The molecule has 0 radical (unpaired) electrons. The Hall–Kier alpha value is -2.18. The zero-order valence-electron chi connectivity index (χ0n) is 14.6. The monoisotopic (exact) mass is 331 g/mol. The van der Waals surface area contributed by atoms with E-state index in [9.17, 15) is 4.79 Å². The van der Waals surface area contributed by atoms with Crippen molar-refractivity contribution in [3.05, 3.63) is 11.5 Å². The molecule has 0 saturated carbocycles. The van der Waals surface area contributed by atoms with Crippen LogP contribution in [0.5, 0.6) is 0 Å². The quantitative estimate of drug-likeness (QED) is 0.905. The Labute approximate surface area is 141 Å². The number of nitrogens with one attached hydrogen (secondary N) is 1. The lowest BCUT2D eigenvalue weighted by atomic mass is 10.1. The average molecular weight is 331 g/mol. The Morgan fingerprint density at radius 3 is 2.71 bits per heavy atom. The van der Waals surface area contributed by atoms with Gasteiger partial charge in [0.2, 0.25) is 5.91 Å². The number of nitrogens with zero attached hydrogens (tertiary/aromatic N) is 4. The lowest BCUT2D eigenvalue weighted by molar-refractivity contribution is -0.121.